The van der Waals surface area contributed by atoms with Crippen LogP contribution in [0.2, 0.25) is 0 Å². The van der Waals surface area contributed by atoms with E-state index in [1.54, 1.807) is 25.4 Å². The molecule has 0 radical (unpaired) electrons. The molecule has 0 saturated carbocycles. The molecule has 1 saturated heterocycles. The van der Waals surface area contributed by atoms with Crippen LogP contribution in [0.25, 0.3) is 10.9 Å². The van der Waals surface area contributed by atoms with Crippen LogP contribution < -0.4 is 5.32 Å². The molecule has 1 fully saturated rings. The summed E-state index contributed by atoms with van der Waals surface area (Å²) >= 11 is 0. The fraction of sp³-hybridized carbons (Fsp3) is 0.438. The van der Waals surface area contributed by atoms with Crippen molar-refractivity contribution in [2.24, 2.45) is 5.41 Å². The molecule has 1 aromatic carbocycles. The lowest BCUT2D eigenvalue weighted by molar-refractivity contribution is 0.0737. The number of carbonyl (C=O) groups excluding carboxylic acids is 1. The Morgan fingerprint density at radius 2 is 2.33 bits per heavy atom. The van der Waals surface area contributed by atoms with Gasteiger partial charge in [-0.1, -0.05) is 0 Å². The SMILES string of the molecule is COCCC1(C(=O)c2cc(F)c3[nH]ccc3c2)CCNC1. The Morgan fingerprint density at radius 1 is 1.48 bits per heavy atom. The minimum atomic E-state index is -0.480. The van der Waals surface area contributed by atoms with Crippen molar-refractivity contribution in [1.29, 1.82) is 0 Å². The van der Waals surface area contributed by atoms with Crippen molar-refractivity contribution >= 4 is 16.7 Å². The number of aromatic nitrogens is 1. The molecular weight excluding hydrogens is 271 g/mol. The van der Waals surface area contributed by atoms with Gasteiger partial charge >= 0.3 is 0 Å². The number of ketones is 1. The summed E-state index contributed by atoms with van der Waals surface area (Å²) in [6, 6.07) is 4.89. The van der Waals surface area contributed by atoms with Crippen molar-refractivity contribution in [3.05, 3.63) is 35.8 Å². The maximum atomic E-state index is 14.1. The number of carbonyl (C=O) groups is 1. The molecular formula is C16H19FN2O2. The van der Waals surface area contributed by atoms with Crippen molar-refractivity contribution in [2.45, 2.75) is 12.8 Å². The predicted octanol–water partition coefficient (Wildman–Crippen LogP) is 2.51. The number of hydrogen-bond donors (Lipinski definition) is 2. The van der Waals surface area contributed by atoms with Crippen molar-refractivity contribution in [2.75, 3.05) is 26.8 Å². The zero-order valence-electron chi connectivity index (χ0n) is 12.0. The Balaban J connectivity index is 1.97. The lowest BCUT2D eigenvalue weighted by Gasteiger charge is -2.26. The highest BCUT2D eigenvalue weighted by atomic mass is 19.1. The van der Waals surface area contributed by atoms with Gasteiger partial charge in [-0.05, 0) is 37.6 Å². The first-order chi connectivity index (χ1) is 10.2. The second-order valence-electron chi connectivity index (χ2n) is 5.68. The zero-order chi connectivity index (χ0) is 14.9. The van der Waals surface area contributed by atoms with Gasteiger partial charge in [-0.2, -0.15) is 0 Å². The Hall–Kier alpha value is -1.72. The highest BCUT2D eigenvalue weighted by molar-refractivity contribution is 6.03. The van der Waals surface area contributed by atoms with Crippen LogP contribution in [0, 0.1) is 11.2 Å². The van der Waals surface area contributed by atoms with E-state index in [1.807, 2.05) is 0 Å². The van der Waals surface area contributed by atoms with Gasteiger partial charge in [0.15, 0.2) is 5.78 Å². The summed E-state index contributed by atoms with van der Waals surface area (Å²) < 4.78 is 19.2. The van der Waals surface area contributed by atoms with Crippen LogP contribution in [0.3, 0.4) is 0 Å². The van der Waals surface area contributed by atoms with Gasteiger partial charge < -0.3 is 15.0 Å². The fourth-order valence-corrected chi connectivity index (χ4v) is 3.13. The highest BCUT2D eigenvalue weighted by Gasteiger charge is 2.41. The normalized spacial score (nSPS) is 22.0. The minimum absolute atomic E-state index is 0.00606. The van der Waals surface area contributed by atoms with Crippen molar-refractivity contribution in [1.82, 2.24) is 10.3 Å². The van der Waals surface area contributed by atoms with Crippen molar-refractivity contribution in [3.63, 3.8) is 0 Å². The molecule has 112 valence electrons. The molecule has 0 bridgehead atoms. The van der Waals surface area contributed by atoms with Gasteiger partial charge in [0, 0.05) is 42.8 Å². The predicted molar refractivity (Wildman–Crippen MR) is 79.0 cm³/mol. The van der Waals surface area contributed by atoms with Crippen molar-refractivity contribution < 1.29 is 13.9 Å². The van der Waals surface area contributed by atoms with E-state index >= 15 is 0 Å². The molecule has 4 nitrogen and oxygen atoms in total. The van der Waals surface area contributed by atoms with Gasteiger partial charge in [0.05, 0.1) is 5.52 Å². The number of fused-ring (bicyclic) bond motifs is 1. The molecule has 3 rings (SSSR count). The fourth-order valence-electron chi connectivity index (χ4n) is 3.13. The quantitative estimate of drug-likeness (QED) is 0.832. The molecule has 2 aromatic rings. The third-order valence-corrected chi connectivity index (χ3v) is 4.38. The number of benzene rings is 1. The largest absolute Gasteiger partial charge is 0.385 e. The Bertz CT molecular complexity index is 659. The summed E-state index contributed by atoms with van der Waals surface area (Å²) in [4.78, 5) is 15.8. The number of H-pyrrole nitrogens is 1. The molecule has 0 amide bonds. The van der Waals surface area contributed by atoms with Crippen LogP contribution in [0.5, 0.6) is 0 Å². The first-order valence-electron chi connectivity index (χ1n) is 7.17. The number of Topliss-reactive ketones (excluding diaryl/α,β-unsaturated/α-hetero) is 1. The molecule has 1 atom stereocenters. The summed E-state index contributed by atoms with van der Waals surface area (Å²) in [6.07, 6.45) is 3.10. The maximum Gasteiger partial charge on any atom is 0.170 e. The summed E-state index contributed by atoms with van der Waals surface area (Å²) in [5.41, 5.74) is 0.410. The van der Waals surface area contributed by atoms with Crippen LogP contribution in [0.15, 0.2) is 24.4 Å². The van der Waals surface area contributed by atoms with E-state index in [0.717, 1.165) is 18.4 Å². The van der Waals surface area contributed by atoms with Gasteiger partial charge in [0.1, 0.15) is 5.82 Å². The summed E-state index contributed by atoms with van der Waals surface area (Å²) in [5, 5.41) is 3.97. The van der Waals surface area contributed by atoms with Gasteiger partial charge in [0.2, 0.25) is 0 Å². The number of hydrogen-bond acceptors (Lipinski definition) is 3. The molecule has 21 heavy (non-hydrogen) atoms. The Morgan fingerprint density at radius 3 is 3.05 bits per heavy atom. The summed E-state index contributed by atoms with van der Waals surface area (Å²) in [6.45, 7) is 1.97. The average Bonchev–Trinajstić information content (AvgIpc) is 3.14. The lowest BCUT2D eigenvalue weighted by Crippen LogP contribution is -2.35. The summed E-state index contributed by atoms with van der Waals surface area (Å²) in [7, 11) is 1.63. The monoisotopic (exact) mass is 290 g/mol. The third-order valence-electron chi connectivity index (χ3n) is 4.38. The van der Waals surface area contributed by atoms with E-state index in [2.05, 4.69) is 10.3 Å². The van der Waals surface area contributed by atoms with Gasteiger partial charge in [-0.15, -0.1) is 0 Å². The molecule has 0 spiro atoms. The lowest BCUT2D eigenvalue weighted by atomic mass is 9.77. The molecule has 0 aliphatic carbocycles. The minimum Gasteiger partial charge on any atom is -0.385 e. The molecule has 1 aliphatic heterocycles. The first-order valence-corrected chi connectivity index (χ1v) is 7.17. The van der Waals surface area contributed by atoms with Gasteiger partial charge in [-0.3, -0.25) is 4.79 Å². The second-order valence-corrected chi connectivity index (χ2v) is 5.68. The van der Waals surface area contributed by atoms with Crippen LogP contribution in [-0.4, -0.2) is 37.6 Å². The Kier molecular flexibility index (Phi) is 3.78. The van der Waals surface area contributed by atoms with E-state index in [0.29, 0.717) is 30.7 Å². The van der Waals surface area contributed by atoms with Gasteiger partial charge in [-0.25, -0.2) is 4.39 Å². The van der Waals surface area contributed by atoms with E-state index < -0.39 is 5.41 Å². The number of rotatable bonds is 5. The van der Waals surface area contributed by atoms with Crippen LogP contribution in [0.4, 0.5) is 4.39 Å². The number of methoxy groups -OCH3 is 1. The topological polar surface area (TPSA) is 54.1 Å². The standard InChI is InChI=1S/C16H19FN2O2/c1-21-7-4-16(3-6-18-10-16)15(20)12-8-11-2-5-19-14(11)13(17)9-12/h2,5,8-9,18-19H,3-4,6-7,10H2,1H3. The zero-order valence-corrected chi connectivity index (χ0v) is 12.0. The van der Waals surface area contributed by atoms with E-state index in [4.69, 9.17) is 4.74 Å². The molecule has 1 aromatic heterocycles. The average molecular weight is 290 g/mol. The number of aromatic amines is 1. The third kappa shape index (κ3) is 2.47. The molecule has 1 aliphatic rings. The van der Waals surface area contributed by atoms with Crippen LogP contribution in [-0.2, 0) is 4.74 Å². The van der Waals surface area contributed by atoms with E-state index in [-0.39, 0.29) is 11.6 Å². The van der Waals surface area contributed by atoms with Crippen molar-refractivity contribution in [3.8, 4) is 0 Å². The van der Waals surface area contributed by atoms with Gasteiger partial charge in [0.25, 0.3) is 0 Å². The summed E-state index contributed by atoms with van der Waals surface area (Å²) in [5.74, 6) is -0.375. The van der Waals surface area contributed by atoms with Crippen LogP contribution in [0.1, 0.15) is 23.2 Å². The second kappa shape index (κ2) is 5.58. The maximum absolute atomic E-state index is 14.1. The first kappa shape index (κ1) is 14.2. The highest BCUT2D eigenvalue weighted by Crippen LogP contribution is 2.34. The Labute approximate surface area is 122 Å². The van der Waals surface area contributed by atoms with Crippen LogP contribution >= 0.6 is 0 Å². The number of halogens is 1. The molecule has 2 N–H and O–H groups in total. The molecule has 2 heterocycles. The number of nitrogens with one attached hydrogen (secondary N) is 2. The smallest absolute Gasteiger partial charge is 0.170 e. The van der Waals surface area contributed by atoms with E-state index in [1.165, 1.54) is 6.07 Å². The molecule has 5 heteroatoms. The number of ether oxygens (including phenoxy) is 1. The molecule has 1 unspecified atom stereocenters. The van der Waals surface area contributed by atoms with E-state index in [9.17, 15) is 9.18 Å².